The van der Waals surface area contributed by atoms with Crippen LogP contribution >= 0.6 is 0 Å². The Hall–Kier alpha value is -3.59. The number of amides is 1. The second kappa shape index (κ2) is 10.6. The molecule has 2 aromatic heterocycles. The Morgan fingerprint density at radius 3 is 2.78 bits per heavy atom. The molecule has 4 N–H and O–H groups in total. The lowest BCUT2D eigenvalue weighted by Gasteiger charge is -2.22. The van der Waals surface area contributed by atoms with Crippen molar-refractivity contribution in [2.75, 3.05) is 18.4 Å². The molecule has 0 fully saturated rings. The largest absolute Gasteiger partial charge is 0.463 e. The van der Waals surface area contributed by atoms with Gasteiger partial charge in [0.05, 0.1) is 13.1 Å². The van der Waals surface area contributed by atoms with Gasteiger partial charge in [-0.15, -0.1) is 0 Å². The van der Waals surface area contributed by atoms with Crippen molar-refractivity contribution in [1.82, 2.24) is 20.4 Å². The normalized spacial score (nSPS) is 13.4. The number of anilines is 1. The zero-order valence-electron chi connectivity index (χ0n) is 18.6. The summed E-state index contributed by atoms with van der Waals surface area (Å²) < 4.78 is 7.12. The highest BCUT2D eigenvalue weighted by molar-refractivity contribution is 5.90. The molecule has 0 aliphatic heterocycles. The van der Waals surface area contributed by atoms with E-state index in [-0.39, 0.29) is 19.0 Å². The Morgan fingerprint density at radius 2 is 2.09 bits per heavy atom. The minimum absolute atomic E-state index is 0.152. The average molecular weight is 439 g/mol. The Labute approximate surface area is 187 Å². The molecule has 32 heavy (non-hydrogen) atoms. The van der Waals surface area contributed by atoms with Crippen molar-refractivity contribution in [3.63, 3.8) is 0 Å². The van der Waals surface area contributed by atoms with Crippen LogP contribution in [0.4, 0.5) is 5.69 Å². The maximum Gasteiger partial charge on any atom is 0.246 e. The van der Waals surface area contributed by atoms with Gasteiger partial charge in [-0.1, -0.05) is 12.1 Å². The summed E-state index contributed by atoms with van der Waals surface area (Å²) in [5.74, 6) is 1.67. The van der Waals surface area contributed by atoms with E-state index < -0.39 is 5.60 Å². The zero-order chi connectivity index (χ0) is 23.0. The third-order valence-corrected chi connectivity index (χ3v) is 4.71. The van der Waals surface area contributed by atoms with Crippen LogP contribution in [0.1, 0.15) is 30.9 Å². The highest BCUT2D eigenvalue weighted by atomic mass is 16.4. The number of rotatable bonds is 9. The molecular weight excluding hydrogens is 408 g/mol. The van der Waals surface area contributed by atoms with Crippen LogP contribution in [0.3, 0.4) is 0 Å². The van der Waals surface area contributed by atoms with Crippen LogP contribution in [0.15, 0.2) is 64.3 Å². The monoisotopic (exact) mass is 438 g/mol. The van der Waals surface area contributed by atoms with Gasteiger partial charge in [-0.25, -0.2) is 4.99 Å². The molecule has 0 bridgehead atoms. The van der Waals surface area contributed by atoms with Crippen LogP contribution in [0.5, 0.6) is 0 Å². The molecule has 0 spiro atoms. The summed E-state index contributed by atoms with van der Waals surface area (Å²) in [6.07, 6.45) is 3.38. The molecule has 1 unspecified atom stereocenters. The van der Waals surface area contributed by atoms with E-state index in [9.17, 15) is 9.90 Å². The highest BCUT2D eigenvalue weighted by Crippen LogP contribution is 2.21. The van der Waals surface area contributed by atoms with Crippen molar-refractivity contribution in [2.45, 2.75) is 39.5 Å². The van der Waals surface area contributed by atoms with Crippen LogP contribution < -0.4 is 16.0 Å². The fourth-order valence-electron chi connectivity index (χ4n) is 3.07. The van der Waals surface area contributed by atoms with Crippen molar-refractivity contribution in [3.05, 3.63) is 71.9 Å². The lowest BCUT2D eigenvalue weighted by Crippen LogP contribution is -2.44. The summed E-state index contributed by atoms with van der Waals surface area (Å²) in [5.41, 5.74) is 0.458. The predicted molar refractivity (Wildman–Crippen MR) is 123 cm³/mol. The number of carbonyl (C=O) groups excluding carboxylic acids is 1. The Morgan fingerprint density at radius 1 is 1.25 bits per heavy atom. The number of aromatic nitrogens is 2. The molecule has 9 nitrogen and oxygen atoms in total. The van der Waals surface area contributed by atoms with Crippen molar-refractivity contribution in [1.29, 1.82) is 0 Å². The summed E-state index contributed by atoms with van der Waals surface area (Å²) in [5, 5.41) is 24.0. The number of carbonyl (C=O) groups is 1. The molecule has 2 heterocycles. The second-order valence-corrected chi connectivity index (χ2v) is 7.69. The minimum Gasteiger partial charge on any atom is -0.463 e. The summed E-state index contributed by atoms with van der Waals surface area (Å²) >= 11 is 0. The second-order valence-electron chi connectivity index (χ2n) is 7.69. The first-order chi connectivity index (χ1) is 15.4. The van der Waals surface area contributed by atoms with E-state index in [1.54, 1.807) is 36.1 Å². The van der Waals surface area contributed by atoms with Gasteiger partial charge >= 0.3 is 0 Å². The zero-order valence-corrected chi connectivity index (χ0v) is 18.6. The van der Waals surface area contributed by atoms with Crippen LogP contribution in [0, 0.1) is 6.92 Å². The first kappa shape index (κ1) is 23.1. The van der Waals surface area contributed by atoms with Gasteiger partial charge in [0.2, 0.25) is 5.91 Å². The fraction of sp³-hybridized carbons (Fsp3) is 0.348. The number of benzene rings is 1. The molecule has 9 heteroatoms. The summed E-state index contributed by atoms with van der Waals surface area (Å²) in [6, 6.07) is 12.9. The number of hydrogen-bond acceptors (Lipinski definition) is 5. The van der Waals surface area contributed by atoms with Gasteiger partial charge in [0, 0.05) is 24.6 Å². The Balaban J connectivity index is 1.59. The van der Waals surface area contributed by atoms with Gasteiger partial charge < -0.3 is 25.5 Å². The van der Waals surface area contributed by atoms with Crippen molar-refractivity contribution < 1.29 is 14.3 Å². The van der Waals surface area contributed by atoms with Crippen molar-refractivity contribution >= 4 is 17.6 Å². The lowest BCUT2D eigenvalue weighted by molar-refractivity contribution is -0.116. The van der Waals surface area contributed by atoms with E-state index in [2.05, 4.69) is 26.0 Å². The molecule has 0 radical (unpaired) electrons. The van der Waals surface area contributed by atoms with E-state index in [0.29, 0.717) is 30.5 Å². The number of hydrogen-bond donors (Lipinski definition) is 4. The maximum atomic E-state index is 12.2. The molecule has 170 valence electrons. The van der Waals surface area contributed by atoms with Crippen LogP contribution in [-0.4, -0.2) is 39.8 Å². The van der Waals surface area contributed by atoms with Gasteiger partial charge in [0.1, 0.15) is 23.7 Å². The summed E-state index contributed by atoms with van der Waals surface area (Å²) in [7, 11) is 0. The first-order valence-electron chi connectivity index (χ1n) is 10.5. The van der Waals surface area contributed by atoms with Gasteiger partial charge in [-0.3, -0.25) is 9.48 Å². The van der Waals surface area contributed by atoms with Gasteiger partial charge in [-0.2, -0.15) is 5.10 Å². The lowest BCUT2D eigenvalue weighted by atomic mass is 10.0. The standard InChI is InChI=1S/C23H30N6O3/c1-4-24-22(26-16-23(3,31)20-10-9-17(2)32-20)25-14-18-7-5-8-19(13-18)28-21(30)15-29-12-6-11-27-29/h5-13,31H,4,14-16H2,1-3H3,(H,28,30)(H2,24,25,26). The predicted octanol–water partition coefficient (Wildman–Crippen LogP) is 2.39. The van der Waals surface area contributed by atoms with E-state index >= 15 is 0 Å². The van der Waals surface area contributed by atoms with Gasteiger partial charge in [0.15, 0.2) is 5.96 Å². The average Bonchev–Trinajstić information content (AvgIpc) is 3.42. The number of aryl methyl sites for hydroxylation is 1. The number of aliphatic imine (C=N–C) groups is 1. The van der Waals surface area contributed by atoms with Crippen LogP contribution in [-0.2, 0) is 23.5 Å². The maximum absolute atomic E-state index is 12.2. The van der Waals surface area contributed by atoms with Crippen molar-refractivity contribution in [2.24, 2.45) is 4.99 Å². The molecule has 0 aliphatic rings. The number of guanidine groups is 1. The number of aliphatic hydroxyl groups is 1. The number of nitrogens with zero attached hydrogens (tertiary/aromatic N) is 3. The summed E-state index contributed by atoms with van der Waals surface area (Å²) in [6.45, 7) is 6.97. The van der Waals surface area contributed by atoms with E-state index in [1.165, 1.54) is 0 Å². The smallest absolute Gasteiger partial charge is 0.246 e. The molecule has 0 saturated heterocycles. The highest BCUT2D eigenvalue weighted by Gasteiger charge is 2.27. The number of nitrogens with one attached hydrogen (secondary N) is 3. The molecule has 1 amide bonds. The Bertz CT molecular complexity index is 1040. The van der Waals surface area contributed by atoms with E-state index in [4.69, 9.17) is 4.42 Å². The third kappa shape index (κ3) is 6.71. The summed E-state index contributed by atoms with van der Waals surface area (Å²) in [4.78, 5) is 16.8. The molecular formula is C23H30N6O3. The molecule has 1 aromatic carbocycles. The minimum atomic E-state index is -1.18. The van der Waals surface area contributed by atoms with Crippen LogP contribution in [0.25, 0.3) is 0 Å². The van der Waals surface area contributed by atoms with E-state index in [1.807, 2.05) is 44.2 Å². The Kier molecular flexibility index (Phi) is 7.67. The topological polar surface area (TPSA) is 117 Å². The van der Waals surface area contributed by atoms with Gasteiger partial charge in [0.25, 0.3) is 0 Å². The quantitative estimate of drug-likeness (QED) is 0.301. The molecule has 0 aliphatic carbocycles. The van der Waals surface area contributed by atoms with Crippen LogP contribution in [0.2, 0.25) is 0 Å². The molecule has 3 aromatic rings. The van der Waals surface area contributed by atoms with Crippen molar-refractivity contribution in [3.8, 4) is 0 Å². The molecule has 1 atom stereocenters. The third-order valence-electron chi connectivity index (χ3n) is 4.71. The number of furan rings is 1. The molecule has 0 saturated carbocycles. The molecule has 3 rings (SSSR count). The van der Waals surface area contributed by atoms with E-state index in [0.717, 1.165) is 11.3 Å². The van der Waals surface area contributed by atoms with Gasteiger partial charge in [-0.05, 0) is 56.7 Å². The first-order valence-corrected chi connectivity index (χ1v) is 10.5. The fourth-order valence-corrected chi connectivity index (χ4v) is 3.07. The SMILES string of the molecule is CCNC(=NCc1cccc(NC(=O)Cn2cccn2)c1)NCC(C)(O)c1ccc(C)o1.